The first-order chi connectivity index (χ1) is 16.8. The number of thiazole rings is 1. The van der Waals surface area contributed by atoms with E-state index in [0.717, 1.165) is 11.4 Å². The van der Waals surface area contributed by atoms with Gasteiger partial charge in [-0.15, -0.1) is 11.3 Å². The standard InChI is InChI=1S/C24H32N6O4S/c1-14(2)30(15(3)4)11-16(31)12-34-18-7-6-17-20(21(18)33-5)27-24(29-9-8-26-22(17)29)28-23(32)19-10-25-13-35-19/h6-7,10,13-16,31H,8-9,11-12H2,1-5H3,(H,27,28,32)/t16-/m1/s1. The Hall–Kier alpha value is -3.02. The summed E-state index contributed by atoms with van der Waals surface area (Å²) in [4.78, 5) is 30.6. The van der Waals surface area contributed by atoms with Crippen molar-refractivity contribution in [3.63, 3.8) is 0 Å². The van der Waals surface area contributed by atoms with Gasteiger partial charge in [-0.3, -0.25) is 29.9 Å². The number of rotatable bonds is 9. The van der Waals surface area contributed by atoms with Crippen molar-refractivity contribution < 1.29 is 19.4 Å². The maximum atomic E-state index is 12.7. The van der Waals surface area contributed by atoms with Crippen LogP contribution in [0.1, 0.15) is 42.9 Å². The second kappa shape index (κ2) is 10.7. The van der Waals surface area contributed by atoms with Crippen molar-refractivity contribution in [3.8, 4) is 11.5 Å². The van der Waals surface area contributed by atoms with Gasteiger partial charge in [-0.2, -0.15) is 0 Å². The smallest absolute Gasteiger partial charge is 0.269 e. The summed E-state index contributed by atoms with van der Waals surface area (Å²) < 4.78 is 11.7. The Bertz CT molecular complexity index is 1110. The molecule has 0 fully saturated rings. The lowest BCUT2D eigenvalue weighted by molar-refractivity contribution is 0.0439. The molecule has 3 heterocycles. The van der Waals surface area contributed by atoms with Gasteiger partial charge in [0.1, 0.15) is 29.1 Å². The highest BCUT2D eigenvalue weighted by Crippen LogP contribution is 2.43. The largest absolute Gasteiger partial charge is 0.491 e. The zero-order chi connectivity index (χ0) is 25.1. The Morgan fingerprint density at radius 1 is 1.29 bits per heavy atom. The first-order valence-electron chi connectivity index (χ1n) is 11.7. The van der Waals surface area contributed by atoms with Gasteiger partial charge in [-0.05, 0) is 39.8 Å². The Labute approximate surface area is 209 Å². The van der Waals surface area contributed by atoms with E-state index in [-0.39, 0.29) is 12.5 Å². The number of carbonyl (C=O) groups is 1. The molecule has 4 rings (SSSR count). The Morgan fingerprint density at radius 3 is 2.71 bits per heavy atom. The van der Waals surface area contributed by atoms with Crippen LogP contribution in [0.4, 0.5) is 5.69 Å². The maximum Gasteiger partial charge on any atom is 0.269 e. The molecule has 0 bridgehead atoms. The number of nitrogens with zero attached hydrogens (tertiary/aromatic N) is 5. The zero-order valence-corrected chi connectivity index (χ0v) is 21.5. The first kappa shape index (κ1) is 25.1. The fraction of sp³-hybridized carbons (Fsp3) is 0.500. The molecule has 11 heteroatoms. The van der Waals surface area contributed by atoms with Crippen LogP contribution in [0.5, 0.6) is 11.5 Å². The van der Waals surface area contributed by atoms with Gasteiger partial charge in [0.25, 0.3) is 5.91 Å². The molecule has 2 N–H and O–H groups in total. The molecule has 0 unspecified atom stereocenters. The Balaban J connectivity index is 1.57. The van der Waals surface area contributed by atoms with E-state index in [2.05, 4.69) is 47.9 Å². The first-order valence-corrected chi connectivity index (χ1v) is 12.6. The molecule has 0 aliphatic carbocycles. The van der Waals surface area contributed by atoms with Crippen LogP contribution in [0.2, 0.25) is 0 Å². The normalized spacial score (nSPS) is 15.6. The van der Waals surface area contributed by atoms with Crippen molar-refractivity contribution in [2.45, 2.75) is 45.9 Å². The molecule has 2 aliphatic heterocycles. The number of fused-ring (bicyclic) bond motifs is 3. The van der Waals surface area contributed by atoms with E-state index in [4.69, 9.17) is 14.5 Å². The molecular formula is C24H32N6O4S. The number of hydrogen-bond donors (Lipinski definition) is 2. The highest BCUT2D eigenvalue weighted by Gasteiger charge is 2.33. The van der Waals surface area contributed by atoms with E-state index in [1.54, 1.807) is 12.6 Å². The second-order valence-electron chi connectivity index (χ2n) is 8.95. The van der Waals surface area contributed by atoms with Crippen molar-refractivity contribution in [3.05, 3.63) is 34.3 Å². The summed E-state index contributed by atoms with van der Waals surface area (Å²) in [5.41, 5.74) is 2.94. The van der Waals surface area contributed by atoms with Gasteiger partial charge in [0.2, 0.25) is 5.96 Å². The summed E-state index contributed by atoms with van der Waals surface area (Å²) in [5, 5.41) is 13.5. The third kappa shape index (κ3) is 5.31. The zero-order valence-electron chi connectivity index (χ0n) is 20.7. The van der Waals surface area contributed by atoms with Crippen LogP contribution < -0.4 is 14.8 Å². The SMILES string of the molecule is COc1c(OC[C@H](O)CN(C(C)C)C(C)C)ccc2c1N=C(NC(=O)c1cncs1)N1CCN=C21. The summed E-state index contributed by atoms with van der Waals surface area (Å²) in [6, 6.07) is 4.32. The molecule has 1 atom stereocenters. The molecule has 0 radical (unpaired) electrons. The lowest BCUT2D eigenvalue weighted by Crippen LogP contribution is -2.47. The molecule has 1 amide bonds. The summed E-state index contributed by atoms with van der Waals surface area (Å²) in [7, 11) is 1.55. The molecule has 1 aromatic heterocycles. The van der Waals surface area contributed by atoms with E-state index in [1.807, 2.05) is 17.0 Å². The van der Waals surface area contributed by atoms with Gasteiger partial charge < -0.3 is 14.6 Å². The Morgan fingerprint density at radius 2 is 2.06 bits per heavy atom. The number of guanidine groups is 1. The van der Waals surface area contributed by atoms with Crippen LogP contribution in [-0.4, -0.2) is 89.1 Å². The van der Waals surface area contributed by atoms with Crippen LogP contribution >= 0.6 is 11.3 Å². The number of methoxy groups -OCH3 is 1. The number of aromatic nitrogens is 1. The molecule has 0 saturated carbocycles. The average molecular weight is 501 g/mol. The minimum Gasteiger partial charge on any atom is -0.491 e. The number of nitrogens with one attached hydrogen (secondary N) is 1. The number of aliphatic hydroxyl groups is 1. The molecule has 35 heavy (non-hydrogen) atoms. The van der Waals surface area contributed by atoms with Crippen LogP contribution in [0.25, 0.3) is 0 Å². The highest BCUT2D eigenvalue weighted by atomic mass is 32.1. The molecule has 10 nitrogen and oxygen atoms in total. The van der Waals surface area contributed by atoms with Crippen molar-refractivity contribution >= 4 is 34.7 Å². The van der Waals surface area contributed by atoms with E-state index >= 15 is 0 Å². The number of aliphatic imine (C=N–C) groups is 2. The van der Waals surface area contributed by atoms with Crippen molar-refractivity contribution in [1.29, 1.82) is 0 Å². The van der Waals surface area contributed by atoms with E-state index in [0.29, 0.717) is 59.7 Å². The number of benzene rings is 1. The summed E-state index contributed by atoms with van der Waals surface area (Å²) >= 11 is 1.26. The lowest BCUT2D eigenvalue weighted by atomic mass is 10.1. The summed E-state index contributed by atoms with van der Waals surface area (Å²) in [6.45, 7) is 10.3. The van der Waals surface area contributed by atoms with Crippen LogP contribution in [0, 0.1) is 0 Å². The van der Waals surface area contributed by atoms with Gasteiger partial charge in [0.05, 0.1) is 25.4 Å². The number of amides is 1. The fourth-order valence-corrected chi connectivity index (χ4v) is 4.81. The van der Waals surface area contributed by atoms with Gasteiger partial charge in [0.15, 0.2) is 11.5 Å². The number of aliphatic hydroxyl groups excluding tert-OH is 1. The van der Waals surface area contributed by atoms with Crippen molar-refractivity contribution in [1.82, 2.24) is 20.1 Å². The minimum absolute atomic E-state index is 0.108. The average Bonchev–Trinajstić information content (AvgIpc) is 3.53. The number of carbonyl (C=O) groups excluding carboxylic acids is 1. The van der Waals surface area contributed by atoms with E-state index < -0.39 is 6.10 Å². The van der Waals surface area contributed by atoms with Crippen LogP contribution in [-0.2, 0) is 0 Å². The van der Waals surface area contributed by atoms with E-state index in [9.17, 15) is 9.90 Å². The number of amidine groups is 1. The summed E-state index contributed by atoms with van der Waals surface area (Å²) in [6.07, 6.45) is 0.849. The van der Waals surface area contributed by atoms with Gasteiger partial charge >= 0.3 is 0 Å². The molecule has 188 valence electrons. The predicted octanol–water partition coefficient (Wildman–Crippen LogP) is 2.50. The lowest BCUT2D eigenvalue weighted by Gasteiger charge is -2.32. The van der Waals surface area contributed by atoms with Gasteiger partial charge in [0, 0.05) is 30.7 Å². The van der Waals surface area contributed by atoms with Gasteiger partial charge in [-0.25, -0.2) is 4.99 Å². The third-order valence-corrected chi connectivity index (χ3v) is 6.69. The third-order valence-electron chi connectivity index (χ3n) is 5.92. The minimum atomic E-state index is -0.673. The molecule has 2 aliphatic rings. The molecular weight excluding hydrogens is 468 g/mol. The Kier molecular flexibility index (Phi) is 7.68. The molecule has 0 spiro atoms. The highest BCUT2D eigenvalue weighted by molar-refractivity contribution is 7.11. The molecule has 1 aromatic carbocycles. The van der Waals surface area contributed by atoms with Crippen molar-refractivity contribution in [2.24, 2.45) is 9.98 Å². The monoisotopic (exact) mass is 500 g/mol. The molecule has 2 aromatic rings. The van der Waals surface area contributed by atoms with Crippen LogP contribution in [0.3, 0.4) is 0 Å². The van der Waals surface area contributed by atoms with Crippen LogP contribution in [0.15, 0.2) is 33.8 Å². The fourth-order valence-electron chi connectivity index (χ4n) is 4.29. The summed E-state index contributed by atoms with van der Waals surface area (Å²) in [5.74, 6) is 1.72. The second-order valence-corrected chi connectivity index (χ2v) is 9.84. The predicted molar refractivity (Wildman–Crippen MR) is 136 cm³/mol. The topological polar surface area (TPSA) is 112 Å². The van der Waals surface area contributed by atoms with Gasteiger partial charge in [-0.1, -0.05) is 0 Å². The van der Waals surface area contributed by atoms with Crippen molar-refractivity contribution in [2.75, 3.05) is 33.4 Å². The quantitative estimate of drug-likeness (QED) is 0.544. The number of ether oxygens (including phenoxy) is 2. The maximum absolute atomic E-state index is 12.7. The molecule has 0 saturated heterocycles. The number of hydrogen-bond acceptors (Lipinski definition) is 10. The van der Waals surface area contributed by atoms with E-state index in [1.165, 1.54) is 17.5 Å².